The maximum Gasteiger partial charge on any atom is 0.411 e. The number of benzene rings is 2. The van der Waals surface area contributed by atoms with Crippen LogP contribution in [-0.2, 0) is 15.9 Å². The number of hydrogen-bond donors (Lipinski definition) is 0. The van der Waals surface area contributed by atoms with E-state index in [1.54, 1.807) is 12.1 Å². The molecule has 1 saturated heterocycles. The molecule has 2 aliphatic heterocycles. The van der Waals surface area contributed by atoms with Crippen LogP contribution in [0, 0.1) is 0 Å². The molecule has 0 saturated carbocycles. The smallest absolute Gasteiger partial charge is 0.411 e. The molecule has 2 atom stereocenters. The van der Waals surface area contributed by atoms with Gasteiger partial charge in [-0.3, -0.25) is 4.90 Å². The second kappa shape index (κ2) is 5.67. The predicted octanol–water partition coefficient (Wildman–Crippen LogP) is 2.94. The molecule has 2 heterocycles. The van der Waals surface area contributed by atoms with Crippen molar-refractivity contribution in [1.29, 1.82) is 0 Å². The zero-order valence-electron chi connectivity index (χ0n) is 13.3. The molecule has 1 amide bonds. The molecule has 4 rings (SSSR count). The minimum Gasteiger partial charge on any atom is -0.465 e. The van der Waals surface area contributed by atoms with E-state index in [-0.39, 0.29) is 24.1 Å². The van der Waals surface area contributed by atoms with Crippen molar-refractivity contribution >= 4 is 12.1 Å². The molecule has 0 aromatic heterocycles. The Morgan fingerprint density at radius 1 is 1.17 bits per heavy atom. The third-order valence-corrected chi connectivity index (χ3v) is 4.73. The van der Waals surface area contributed by atoms with Crippen molar-refractivity contribution < 1.29 is 19.1 Å². The summed E-state index contributed by atoms with van der Waals surface area (Å²) < 4.78 is 10.0. The molecule has 0 bridgehead atoms. The molecule has 5 heteroatoms. The van der Waals surface area contributed by atoms with E-state index in [4.69, 9.17) is 9.47 Å². The predicted molar refractivity (Wildman–Crippen MR) is 86.7 cm³/mol. The highest BCUT2D eigenvalue weighted by Crippen LogP contribution is 2.40. The molecular formula is C19H17NO4. The van der Waals surface area contributed by atoms with Crippen LogP contribution in [0.15, 0.2) is 48.5 Å². The lowest BCUT2D eigenvalue weighted by atomic mass is 9.85. The van der Waals surface area contributed by atoms with Gasteiger partial charge in [-0.25, -0.2) is 9.59 Å². The Kier molecular flexibility index (Phi) is 3.49. The number of hydrogen-bond acceptors (Lipinski definition) is 4. The summed E-state index contributed by atoms with van der Waals surface area (Å²) in [7, 11) is 1.36. The topological polar surface area (TPSA) is 55.8 Å². The molecule has 0 radical (unpaired) electrons. The van der Waals surface area contributed by atoms with Gasteiger partial charge in [0.1, 0.15) is 6.61 Å². The summed E-state index contributed by atoms with van der Waals surface area (Å²) in [6.07, 6.45) is 0.523. The van der Waals surface area contributed by atoms with Gasteiger partial charge in [0.05, 0.1) is 24.8 Å². The van der Waals surface area contributed by atoms with Crippen LogP contribution in [0.4, 0.5) is 4.79 Å². The Balaban J connectivity index is 1.79. The third kappa shape index (κ3) is 2.24. The van der Waals surface area contributed by atoms with Gasteiger partial charge in [0, 0.05) is 0 Å². The van der Waals surface area contributed by atoms with Gasteiger partial charge in [0.25, 0.3) is 0 Å². The van der Waals surface area contributed by atoms with Gasteiger partial charge in [-0.05, 0) is 35.2 Å². The average molecular weight is 323 g/mol. The van der Waals surface area contributed by atoms with E-state index >= 15 is 0 Å². The maximum atomic E-state index is 12.3. The molecule has 0 spiro atoms. The number of methoxy groups -OCH3 is 1. The van der Waals surface area contributed by atoms with Crippen molar-refractivity contribution in [2.75, 3.05) is 13.7 Å². The van der Waals surface area contributed by atoms with Gasteiger partial charge in [-0.15, -0.1) is 0 Å². The fourth-order valence-corrected chi connectivity index (χ4v) is 3.59. The first-order valence-corrected chi connectivity index (χ1v) is 7.90. The van der Waals surface area contributed by atoms with Crippen molar-refractivity contribution in [3.63, 3.8) is 0 Å². The molecule has 5 nitrogen and oxygen atoms in total. The Bertz CT molecular complexity index is 799. The molecular weight excluding hydrogens is 306 g/mol. The lowest BCUT2D eigenvalue weighted by Crippen LogP contribution is -2.42. The summed E-state index contributed by atoms with van der Waals surface area (Å²) in [6, 6.07) is 15.2. The maximum absolute atomic E-state index is 12.3. The fourth-order valence-electron chi connectivity index (χ4n) is 3.59. The van der Waals surface area contributed by atoms with E-state index in [2.05, 4.69) is 12.1 Å². The highest BCUT2D eigenvalue weighted by atomic mass is 16.6. The van der Waals surface area contributed by atoms with E-state index in [0.717, 1.165) is 17.5 Å². The molecule has 2 aliphatic rings. The first kappa shape index (κ1) is 14.8. The lowest BCUT2D eigenvalue weighted by Gasteiger charge is -2.37. The van der Waals surface area contributed by atoms with Crippen molar-refractivity contribution in [3.05, 3.63) is 70.8 Å². The Hall–Kier alpha value is -2.82. The Morgan fingerprint density at radius 2 is 1.92 bits per heavy atom. The van der Waals surface area contributed by atoms with Crippen LogP contribution >= 0.6 is 0 Å². The van der Waals surface area contributed by atoms with Crippen molar-refractivity contribution in [1.82, 2.24) is 4.90 Å². The molecule has 0 aliphatic carbocycles. The summed E-state index contributed by atoms with van der Waals surface area (Å²) in [4.78, 5) is 25.7. The molecule has 0 unspecified atom stereocenters. The van der Waals surface area contributed by atoms with Crippen molar-refractivity contribution in [2.45, 2.75) is 18.5 Å². The molecule has 1 fully saturated rings. The van der Waals surface area contributed by atoms with Crippen LogP contribution < -0.4 is 0 Å². The summed E-state index contributed by atoms with van der Waals surface area (Å²) in [5, 5.41) is 0. The number of fused-ring (bicyclic) bond motifs is 2. The second-order valence-electron chi connectivity index (χ2n) is 6.06. The number of nitrogens with zero attached hydrogens (tertiary/aromatic N) is 1. The number of carbonyl (C=O) groups is 2. The van der Waals surface area contributed by atoms with Crippen LogP contribution in [0.2, 0.25) is 0 Å². The minimum absolute atomic E-state index is 0.0534. The monoisotopic (exact) mass is 323 g/mol. The normalized spacial score (nSPS) is 21.7. The van der Waals surface area contributed by atoms with E-state index in [0.29, 0.717) is 12.2 Å². The second-order valence-corrected chi connectivity index (χ2v) is 6.06. The summed E-state index contributed by atoms with van der Waals surface area (Å²) in [5.41, 5.74) is 3.79. The van der Waals surface area contributed by atoms with Gasteiger partial charge in [-0.2, -0.15) is 0 Å². The highest BCUT2D eigenvalue weighted by Gasteiger charge is 2.43. The van der Waals surface area contributed by atoms with E-state index in [9.17, 15) is 9.59 Å². The minimum atomic E-state index is -0.371. The Labute approximate surface area is 139 Å². The summed E-state index contributed by atoms with van der Waals surface area (Å²) >= 11 is 0. The van der Waals surface area contributed by atoms with Crippen LogP contribution in [0.1, 0.15) is 33.1 Å². The Morgan fingerprint density at radius 3 is 2.67 bits per heavy atom. The number of esters is 1. The van der Waals surface area contributed by atoms with Gasteiger partial charge in [0.15, 0.2) is 0 Å². The van der Waals surface area contributed by atoms with Gasteiger partial charge in [0.2, 0.25) is 0 Å². The molecule has 2 aromatic rings. The van der Waals surface area contributed by atoms with E-state index < -0.39 is 0 Å². The number of rotatable bonds is 2. The lowest BCUT2D eigenvalue weighted by molar-refractivity contribution is 0.0600. The van der Waals surface area contributed by atoms with Crippen LogP contribution in [-0.4, -0.2) is 36.7 Å². The number of amides is 1. The number of cyclic esters (lactones) is 1. The largest absolute Gasteiger partial charge is 0.465 e. The number of ether oxygens (including phenoxy) is 2. The first-order chi connectivity index (χ1) is 11.7. The number of carbonyl (C=O) groups excluding carboxylic acids is 2. The zero-order chi connectivity index (χ0) is 16.7. The zero-order valence-corrected chi connectivity index (χ0v) is 13.3. The molecule has 122 valence electrons. The SMILES string of the molecule is COC(=O)c1ccc([C@@H]2c3ccccc3C[C@H]3COC(=O)N32)cc1. The van der Waals surface area contributed by atoms with Gasteiger partial charge >= 0.3 is 12.1 Å². The third-order valence-electron chi connectivity index (χ3n) is 4.73. The van der Waals surface area contributed by atoms with Crippen LogP contribution in [0.25, 0.3) is 0 Å². The first-order valence-electron chi connectivity index (χ1n) is 7.90. The van der Waals surface area contributed by atoms with Gasteiger partial charge in [-0.1, -0.05) is 36.4 Å². The van der Waals surface area contributed by atoms with E-state index in [1.165, 1.54) is 12.7 Å². The molecule has 2 aromatic carbocycles. The quantitative estimate of drug-likeness (QED) is 0.797. The van der Waals surface area contributed by atoms with Crippen LogP contribution in [0.5, 0.6) is 0 Å². The van der Waals surface area contributed by atoms with Crippen molar-refractivity contribution in [2.24, 2.45) is 0 Å². The molecule has 24 heavy (non-hydrogen) atoms. The fraction of sp³-hybridized carbons (Fsp3) is 0.263. The standard InChI is InChI=1S/C19H17NO4/c1-23-18(21)13-8-6-12(7-9-13)17-16-5-3-2-4-14(16)10-15-11-24-19(22)20(15)17/h2-9,15,17H,10-11H2,1H3/t15-,17+/m0/s1. The van der Waals surface area contributed by atoms with E-state index in [1.807, 2.05) is 29.2 Å². The average Bonchev–Trinajstić information content (AvgIpc) is 3.00. The summed E-state index contributed by atoms with van der Waals surface area (Å²) in [5.74, 6) is -0.371. The van der Waals surface area contributed by atoms with Gasteiger partial charge < -0.3 is 9.47 Å². The highest BCUT2D eigenvalue weighted by molar-refractivity contribution is 5.89. The summed E-state index contributed by atoms with van der Waals surface area (Å²) in [6.45, 7) is 0.421. The van der Waals surface area contributed by atoms with Crippen molar-refractivity contribution in [3.8, 4) is 0 Å². The van der Waals surface area contributed by atoms with Crippen LogP contribution in [0.3, 0.4) is 0 Å². The molecule has 0 N–H and O–H groups in total.